The Labute approximate surface area is 158 Å². The molecule has 0 saturated heterocycles. The number of rotatable bonds is 6. The zero-order valence-corrected chi connectivity index (χ0v) is 15.9. The second kappa shape index (κ2) is 7.99. The lowest BCUT2D eigenvalue weighted by atomic mass is 9.95. The van der Waals surface area contributed by atoms with Crippen LogP contribution >= 0.6 is 0 Å². The van der Waals surface area contributed by atoms with Crippen LogP contribution in [-0.4, -0.2) is 26.3 Å². The van der Waals surface area contributed by atoms with E-state index in [1.165, 1.54) is 0 Å². The van der Waals surface area contributed by atoms with E-state index in [0.717, 1.165) is 28.3 Å². The number of amides is 1. The molecule has 140 valence electrons. The highest BCUT2D eigenvalue weighted by molar-refractivity contribution is 5.91. The summed E-state index contributed by atoms with van der Waals surface area (Å²) in [6.07, 6.45) is 0.387. The molecule has 0 aliphatic carbocycles. The summed E-state index contributed by atoms with van der Waals surface area (Å²) in [6, 6.07) is 10.8. The number of aromatic nitrogens is 4. The second-order valence-corrected chi connectivity index (χ2v) is 6.64. The van der Waals surface area contributed by atoms with E-state index in [-0.39, 0.29) is 11.8 Å². The molecule has 1 unspecified atom stereocenters. The standard InChI is InChI=1S/C20H23N5O2/c1-12(20-14(3)23-24-15(20)4)11-18(26)21-16-6-8-17(9-7-16)27-19-10-5-13(2)22-25-19/h5-10,12H,11H2,1-4H3,(H,21,26)(H,23,24). The number of anilines is 1. The summed E-state index contributed by atoms with van der Waals surface area (Å²) in [5.41, 5.74) is 4.60. The zero-order chi connectivity index (χ0) is 19.4. The van der Waals surface area contributed by atoms with Crippen LogP contribution in [0, 0.1) is 20.8 Å². The van der Waals surface area contributed by atoms with Gasteiger partial charge in [0.1, 0.15) is 5.75 Å². The first-order valence-electron chi connectivity index (χ1n) is 8.82. The highest BCUT2D eigenvalue weighted by Gasteiger charge is 2.17. The second-order valence-electron chi connectivity index (χ2n) is 6.64. The van der Waals surface area contributed by atoms with Crippen molar-refractivity contribution in [3.8, 4) is 11.6 Å². The molecule has 0 aliphatic heterocycles. The first-order chi connectivity index (χ1) is 12.9. The molecule has 7 heteroatoms. The Morgan fingerprint density at radius 1 is 1.11 bits per heavy atom. The summed E-state index contributed by atoms with van der Waals surface area (Å²) in [5.74, 6) is 1.10. The van der Waals surface area contributed by atoms with Gasteiger partial charge in [0.2, 0.25) is 11.8 Å². The average molecular weight is 365 g/mol. The maximum absolute atomic E-state index is 12.4. The Morgan fingerprint density at radius 2 is 1.85 bits per heavy atom. The van der Waals surface area contributed by atoms with E-state index in [4.69, 9.17) is 4.74 Å². The number of H-pyrrole nitrogens is 1. The molecule has 0 saturated carbocycles. The minimum Gasteiger partial charge on any atom is -0.438 e. The number of aromatic amines is 1. The number of benzene rings is 1. The average Bonchev–Trinajstić information content (AvgIpc) is 2.97. The number of ether oxygens (including phenoxy) is 1. The first kappa shape index (κ1) is 18.6. The number of carbonyl (C=O) groups excluding carboxylic acids is 1. The fourth-order valence-corrected chi connectivity index (χ4v) is 3.05. The molecule has 0 spiro atoms. The summed E-state index contributed by atoms with van der Waals surface area (Å²) < 4.78 is 5.64. The molecule has 27 heavy (non-hydrogen) atoms. The van der Waals surface area contributed by atoms with Crippen LogP contribution in [-0.2, 0) is 4.79 Å². The van der Waals surface area contributed by atoms with Crippen LogP contribution in [0.3, 0.4) is 0 Å². The van der Waals surface area contributed by atoms with Gasteiger partial charge in [-0.1, -0.05) is 6.92 Å². The monoisotopic (exact) mass is 365 g/mol. The molecule has 0 bridgehead atoms. The summed E-state index contributed by atoms with van der Waals surface area (Å²) in [6.45, 7) is 7.82. The van der Waals surface area contributed by atoms with Crippen LogP contribution in [0.1, 0.15) is 41.9 Å². The molecule has 2 aromatic heterocycles. The van der Waals surface area contributed by atoms with Gasteiger partial charge in [0.15, 0.2) is 0 Å². The zero-order valence-electron chi connectivity index (χ0n) is 15.9. The highest BCUT2D eigenvalue weighted by atomic mass is 16.5. The Balaban J connectivity index is 1.57. The lowest BCUT2D eigenvalue weighted by Gasteiger charge is -2.12. The van der Waals surface area contributed by atoms with Crippen LogP contribution in [0.25, 0.3) is 0 Å². The first-order valence-corrected chi connectivity index (χ1v) is 8.82. The van der Waals surface area contributed by atoms with Gasteiger partial charge < -0.3 is 10.1 Å². The van der Waals surface area contributed by atoms with Crippen LogP contribution in [0.2, 0.25) is 0 Å². The molecule has 3 rings (SSSR count). The molecule has 1 aromatic carbocycles. The Morgan fingerprint density at radius 3 is 2.44 bits per heavy atom. The molecule has 1 amide bonds. The van der Waals surface area contributed by atoms with Crippen LogP contribution < -0.4 is 10.1 Å². The number of hydrogen-bond acceptors (Lipinski definition) is 5. The Bertz CT molecular complexity index is 897. The van der Waals surface area contributed by atoms with E-state index < -0.39 is 0 Å². The quantitative estimate of drug-likeness (QED) is 0.687. The molecule has 7 nitrogen and oxygen atoms in total. The third kappa shape index (κ3) is 4.69. The van der Waals surface area contributed by atoms with Crippen molar-refractivity contribution >= 4 is 11.6 Å². The van der Waals surface area contributed by atoms with Crippen molar-refractivity contribution in [1.29, 1.82) is 0 Å². The summed E-state index contributed by atoms with van der Waals surface area (Å²) in [5, 5.41) is 18.0. The molecule has 2 heterocycles. The molecule has 3 aromatic rings. The molecule has 0 aliphatic rings. The summed E-state index contributed by atoms with van der Waals surface area (Å²) in [4.78, 5) is 12.4. The van der Waals surface area contributed by atoms with Gasteiger partial charge in [-0.25, -0.2) is 0 Å². The van der Waals surface area contributed by atoms with Gasteiger partial charge in [0.05, 0.1) is 11.4 Å². The highest BCUT2D eigenvalue weighted by Crippen LogP contribution is 2.25. The molecular weight excluding hydrogens is 342 g/mol. The van der Waals surface area contributed by atoms with Crippen LogP contribution in [0.4, 0.5) is 5.69 Å². The fraction of sp³-hybridized carbons (Fsp3) is 0.300. The maximum Gasteiger partial charge on any atom is 0.238 e. The maximum atomic E-state index is 12.4. The van der Waals surface area contributed by atoms with E-state index in [9.17, 15) is 4.79 Å². The van der Waals surface area contributed by atoms with Crippen molar-refractivity contribution in [2.75, 3.05) is 5.32 Å². The third-order valence-electron chi connectivity index (χ3n) is 4.30. The van der Waals surface area contributed by atoms with Gasteiger partial charge in [0, 0.05) is 23.9 Å². The van der Waals surface area contributed by atoms with Crippen molar-refractivity contribution in [1.82, 2.24) is 20.4 Å². The van der Waals surface area contributed by atoms with Crippen LogP contribution in [0.15, 0.2) is 36.4 Å². The van der Waals surface area contributed by atoms with E-state index in [2.05, 4.69) is 25.7 Å². The van der Waals surface area contributed by atoms with Gasteiger partial charge in [0.25, 0.3) is 0 Å². The largest absolute Gasteiger partial charge is 0.438 e. The minimum atomic E-state index is -0.0411. The Hall–Kier alpha value is -3.22. The minimum absolute atomic E-state index is 0.0411. The molecule has 1 atom stereocenters. The van der Waals surface area contributed by atoms with Crippen molar-refractivity contribution < 1.29 is 9.53 Å². The molecule has 0 radical (unpaired) electrons. The number of carbonyl (C=O) groups is 1. The van der Waals surface area contributed by atoms with Crippen molar-refractivity contribution in [3.05, 3.63) is 59.0 Å². The summed E-state index contributed by atoms with van der Waals surface area (Å²) >= 11 is 0. The predicted molar refractivity (Wildman–Crippen MR) is 103 cm³/mol. The van der Waals surface area contributed by atoms with Gasteiger partial charge in [-0.3, -0.25) is 9.89 Å². The van der Waals surface area contributed by atoms with Gasteiger partial charge in [-0.05, 0) is 62.6 Å². The number of nitrogens with zero attached hydrogens (tertiary/aromatic N) is 3. The SMILES string of the molecule is Cc1ccc(Oc2ccc(NC(=O)CC(C)c3c(C)n[nH]c3C)cc2)nn1. The van der Waals surface area contributed by atoms with E-state index in [1.807, 2.05) is 33.8 Å². The van der Waals surface area contributed by atoms with Crippen molar-refractivity contribution in [2.24, 2.45) is 0 Å². The molecule has 2 N–H and O–H groups in total. The van der Waals surface area contributed by atoms with Crippen molar-refractivity contribution in [3.63, 3.8) is 0 Å². The predicted octanol–water partition coefficient (Wildman–Crippen LogP) is 4.05. The number of nitrogens with one attached hydrogen (secondary N) is 2. The normalized spacial score (nSPS) is 11.9. The number of hydrogen-bond donors (Lipinski definition) is 2. The van der Waals surface area contributed by atoms with E-state index in [1.54, 1.807) is 30.3 Å². The summed E-state index contributed by atoms with van der Waals surface area (Å²) in [7, 11) is 0. The lowest BCUT2D eigenvalue weighted by molar-refractivity contribution is -0.116. The van der Waals surface area contributed by atoms with Gasteiger partial charge in [-0.15, -0.1) is 5.10 Å². The molecule has 0 fully saturated rings. The van der Waals surface area contributed by atoms with Crippen LogP contribution in [0.5, 0.6) is 11.6 Å². The smallest absolute Gasteiger partial charge is 0.238 e. The lowest BCUT2D eigenvalue weighted by Crippen LogP contribution is -2.15. The molecular formula is C20H23N5O2. The Kier molecular flexibility index (Phi) is 5.49. The van der Waals surface area contributed by atoms with Gasteiger partial charge in [-0.2, -0.15) is 10.2 Å². The van der Waals surface area contributed by atoms with Gasteiger partial charge >= 0.3 is 0 Å². The topological polar surface area (TPSA) is 92.8 Å². The third-order valence-corrected chi connectivity index (χ3v) is 4.30. The van der Waals surface area contributed by atoms with E-state index >= 15 is 0 Å². The fourth-order valence-electron chi connectivity index (χ4n) is 3.05. The van der Waals surface area contributed by atoms with E-state index in [0.29, 0.717) is 18.1 Å². The number of aryl methyl sites for hydroxylation is 3. The van der Waals surface area contributed by atoms with Crippen molar-refractivity contribution in [2.45, 2.75) is 40.0 Å².